The van der Waals surface area contributed by atoms with E-state index in [1.54, 1.807) is 7.11 Å². The lowest BCUT2D eigenvalue weighted by Crippen LogP contribution is -2.50. The molecule has 1 atom stereocenters. The Morgan fingerprint density at radius 3 is 3.24 bits per heavy atom. The molecule has 96 valence electrons. The van der Waals surface area contributed by atoms with Gasteiger partial charge >= 0.3 is 0 Å². The van der Waals surface area contributed by atoms with Crippen molar-refractivity contribution in [3.05, 3.63) is 12.4 Å². The van der Waals surface area contributed by atoms with Gasteiger partial charge in [-0.1, -0.05) is 0 Å². The quantitative estimate of drug-likeness (QED) is 0.768. The molecular weight excluding hydrogens is 216 g/mol. The predicted molar refractivity (Wildman–Crippen MR) is 68.4 cm³/mol. The first-order chi connectivity index (χ1) is 8.31. The molecule has 1 aliphatic rings. The Morgan fingerprint density at radius 2 is 2.47 bits per heavy atom. The van der Waals surface area contributed by atoms with Crippen LogP contribution in [0, 0.1) is 0 Å². The van der Waals surface area contributed by atoms with E-state index in [2.05, 4.69) is 32.9 Å². The molecule has 1 saturated heterocycles. The van der Waals surface area contributed by atoms with E-state index in [-0.39, 0.29) is 0 Å². The minimum atomic E-state index is 0.535. The van der Waals surface area contributed by atoms with Gasteiger partial charge in [0.15, 0.2) is 0 Å². The van der Waals surface area contributed by atoms with Gasteiger partial charge in [-0.3, -0.25) is 0 Å². The Hall–Kier alpha value is -1.07. The van der Waals surface area contributed by atoms with Crippen LogP contribution in [0.3, 0.4) is 0 Å². The van der Waals surface area contributed by atoms with Crippen LogP contribution < -0.4 is 10.2 Å². The van der Waals surface area contributed by atoms with Gasteiger partial charge in [-0.2, -0.15) is 0 Å². The lowest BCUT2D eigenvalue weighted by atomic mass is 10.2. The molecule has 0 radical (unpaired) electrons. The summed E-state index contributed by atoms with van der Waals surface area (Å²) in [6.07, 6.45) is 4.97. The average molecular weight is 238 g/mol. The largest absolute Gasteiger partial charge is 0.385 e. The van der Waals surface area contributed by atoms with E-state index in [9.17, 15) is 0 Å². The highest BCUT2D eigenvalue weighted by atomic mass is 16.5. The molecule has 0 bridgehead atoms. The van der Waals surface area contributed by atoms with Crippen molar-refractivity contribution in [3.63, 3.8) is 0 Å². The van der Waals surface area contributed by atoms with Crippen LogP contribution in [-0.2, 0) is 11.3 Å². The first kappa shape index (κ1) is 12.4. The minimum Gasteiger partial charge on any atom is -0.385 e. The van der Waals surface area contributed by atoms with E-state index in [4.69, 9.17) is 4.74 Å². The normalized spacial score (nSPS) is 20.8. The Balaban J connectivity index is 1.97. The summed E-state index contributed by atoms with van der Waals surface area (Å²) in [5.41, 5.74) is 0. The lowest BCUT2D eigenvalue weighted by molar-refractivity contribution is 0.190. The van der Waals surface area contributed by atoms with Gasteiger partial charge in [0.25, 0.3) is 0 Å². The number of piperazine rings is 1. The van der Waals surface area contributed by atoms with Crippen molar-refractivity contribution in [1.82, 2.24) is 14.9 Å². The molecule has 5 heteroatoms. The van der Waals surface area contributed by atoms with Crippen LogP contribution in [0.25, 0.3) is 0 Å². The number of ether oxygens (including phenoxy) is 1. The van der Waals surface area contributed by atoms with Crippen molar-refractivity contribution in [2.45, 2.75) is 25.9 Å². The van der Waals surface area contributed by atoms with Gasteiger partial charge in [0.1, 0.15) is 0 Å². The molecule has 1 N–H and O–H groups in total. The summed E-state index contributed by atoms with van der Waals surface area (Å²) in [4.78, 5) is 6.83. The van der Waals surface area contributed by atoms with E-state index in [1.165, 1.54) is 0 Å². The second-order valence-corrected chi connectivity index (χ2v) is 4.57. The first-order valence-electron chi connectivity index (χ1n) is 6.29. The molecule has 2 rings (SSSR count). The van der Waals surface area contributed by atoms with E-state index in [1.807, 2.05) is 6.20 Å². The summed E-state index contributed by atoms with van der Waals surface area (Å²) >= 11 is 0. The molecule has 1 aromatic heterocycles. The van der Waals surface area contributed by atoms with Crippen molar-refractivity contribution >= 4 is 5.95 Å². The fourth-order valence-corrected chi connectivity index (χ4v) is 2.25. The number of rotatable bonds is 5. The maximum absolute atomic E-state index is 5.09. The number of anilines is 1. The van der Waals surface area contributed by atoms with Gasteiger partial charge in [-0.15, -0.1) is 0 Å². The molecule has 1 aromatic rings. The van der Waals surface area contributed by atoms with Crippen LogP contribution in [0.1, 0.15) is 13.3 Å². The fourth-order valence-electron chi connectivity index (χ4n) is 2.25. The lowest BCUT2D eigenvalue weighted by Gasteiger charge is -2.32. The Kier molecular flexibility index (Phi) is 4.39. The van der Waals surface area contributed by atoms with Gasteiger partial charge in [-0.05, 0) is 13.3 Å². The van der Waals surface area contributed by atoms with Crippen LogP contribution in [0.5, 0.6) is 0 Å². The third-order valence-electron chi connectivity index (χ3n) is 3.09. The highest BCUT2D eigenvalue weighted by Gasteiger charge is 2.19. The topological polar surface area (TPSA) is 42.3 Å². The zero-order valence-corrected chi connectivity index (χ0v) is 10.7. The SMILES string of the molecule is COCCCn1ccnc1N1CCNC(C)C1. The molecule has 2 heterocycles. The Bertz CT molecular complexity index is 339. The van der Waals surface area contributed by atoms with Crippen molar-refractivity contribution in [2.24, 2.45) is 0 Å². The van der Waals surface area contributed by atoms with Crippen molar-refractivity contribution in [2.75, 3.05) is 38.3 Å². The number of nitrogens with one attached hydrogen (secondary N) is 1. The first-order valence-corrected chi connectivity index (χ1v) is 6.29. The third kappa shape index (κ3) is 3.20. The monoisotopic (exact) mass is 238 g/mol. The highest BCUT2D eigenvalue weighted by molar-refractivity contribution is 5.32. The van der Waals surface area contributed by atoms with E-state index in [0.29, 0.717) is 6.04 Å². The van der Waals surface area contributed by atoms with E-state index >= 15 is 0 Å². The van der Waals surface area contributed by atoms with Crippen LogP contribution >= 0.6 is 0 Å². The van der Waals surface area contributed by atoms with Gasteiger partial charge in [0.05, 0.1) is 0 Å². The molecule has 0 spiro atoms. The summed E-state index contributed by atoms with van der Waals surface area (Å²) < 4.78 is 7.30. The maximum atomic E-state index is 5.09. The smallest absolute Gasteiger partial charge is 0.205 e. The number of aromatic nitrogens is 2. The molecule has 0 saturated carbocycles. The van der Waals surface area contributed by atoms with Crippen LogP contribution in [0.4, 0.5) is 5.95 Å². The molecule has 0 aliphatic carbocycles. The second kappa shape index (κ2) is 6.02. The highest BCUT2D eigenvalue weighted by Crippen LogP contribution is 2.14. The molecule has 17 heavy (non-hydrogen) atoms. The molecular formula is C12H22N4O. The number of hydrogen-bond acceptors (Lipinski definition) is 4. The summed E-state index contributed by atoms with van der Waals surface area (Å²) in [6.45, 7) is 7.08. The summed E-state index contributed by atoms with van der Waals surface area (Å²) in [5, 5.41) is 3.45. The molecule has 5 nitrogen and oxygen atoms in total. The standard InChI is InChI=1S/C12H22N4O/c1-11-10-16(8-4-13-11)12-14-5-7-15(12)6-3-9-17-2/h5,7,11,13H,3-4,6,8-10H2,1-2H3. The predicted octanol–water partition coefficient (Wildman–Crippen LogP) is 0.718. The number of hydrogen-bond donors (Lipinski definition) is 1. The van der Waals surface area contributed by atoms with E-state index < -0.39 is 0 Å². The molecule has 1 aliphatic heterocycles. The molecule has 0 aromatic carbocycles. The minimum absolute atomic E-state index is 0.535. The number of nitrogens with zero attached hydrogens (tertiary/aromatic N) is 3. The molecule has 1 fully saturated rings. The van der Waals surface area contributed by atoms with Gasteiger partial charge in [0.2, 0.25) is 5.95 Å². The maximum Gasteiger partial charge on any atom is 0.205 e. The van der Waals surface area contributed by atoms with Crippen LogP contribution in [0.2, 0.25) is 0 Å². The second-order valence-electron chi connectivity index (χ2n) is 4.57. The van der Waals surface area contributed by atoms with Crippen molar-refractivity contribution < 1.29 is 4.74 Å². The average Bonchev–Trinajstić information content (AvgIpc) is 2.78. The molecule has 1 unspecified atom stereocenters. The van der Waals surface area contributed by atoms with Crippen molar-refractivity contribution in [3.8, 4) is 0 Å². The zero-order chi connectivity index (χ0) is 12.1. The number of aryl methyl sites for hydroxylation is 1. The summed E-state index contributed by atoms with van der Waals surface area (Å²) in [5.74, 6) is 1.09. The van der Waals surface area contributed by atoms with Gasteiger partial charge in [0, 0.05) is 58.3 Å². The molecule has 0 amide bonds. The zero-order valence-electron chi connectivity index (χ0n) is 10.7. The summed E-state index contributed by atoms with van der Waals surface area (Å²) in [7, 11) is 1.74. The van der Waals surface area contributed by atoms with Crippen LogP contribution in [-0.4, -0.2) is 48.9 Å². The van der Waals surface area contributed by atoms with Crippen LogP contribution in [0.15, 0.2) is 12.4 Å². The van der Waals surface area contributed by atoms with E-state index in [0.717, 1.165) is 45.2 Å². The number of imidazole rings is 1. The van der Waals surface area contributed by atoms with Gasteiger partial charge in [-0.25, -0.2) is 4.98 Å². The third-order valence-corrected chi connectivity index (χ3v) is 3.09. The fraction of sp³-hybridized carbons (Fsp3) is 0.750. The Labute approximate surface area is 103 Å². The van der Waals surface area contributed by atoms with Gasteiger partial charge < -0.3 is 19.5 Å². The summed E-state index contributed by atoms with van der Waals surface area (Å²) in [6, 6.07) is 0.535. The van der Waals surface area contributed by atoms with Crippen molar-refractivity contribution in [1.29, 1.82) is 0 Å². The number of methoxy groups -OCH3 is 1. The Morgan fingerprint density at radius 1 is 1.59 bits per heavy atom.